The minimum absolute atomic E-state index is 0.181. The van der Waals surface area contributed by atoms with Crippen LogP contribution in [0.4, 0.5) is 0 Å². The van der Waals surface area contributed by atoms with Crippen molar-refractivity contribution in [1.82, 2.24) is 10.2 Å². The maximum atomic E-state index is 5.36. The van der Waals surface area contributed by atoms with Gasteiger partial charge in [-0.3, -0.25) is 4.90 Å². The first-order valence-electron chi connectivity index (χ1n) is 6.34. The molecule has 2 aliphatic rings. The molecule has 2 saturated heterocycles. The third-order valence-corrected chi connectivity index (χ3v) is 3.90. The van der Waals surface area contributed by atoms with Crippen LogP contribution in [-0.4, -0.2) is 63.5 Å². The van der Waals surface area contributed by atoms with Gasteiger partial charge in [-0.25, -0.2) is 0 Å². The van der Waals surface area contributed by atoms with Gasteiger partial charge in [-0.15, -0.1) is 0 Å². The lowest BCUT2D eigenvalue weighted by molar-refractivity contribution is 0.0268. The average molecular weight is 228 g/mol. The lowest BCUT2D eigenvalue weighted by atomic mass is 10.1. The molecule has 4 nitrogen and oxygen atoms in total. The van der Waals surface area contributed by atoms with Crippen molar-refractivity contribution in [2.45, 2.75) is 37.5 Å². The Morgan fingerprint density at radius 3 is 2.94 bits per heavy atom. The van der Waals surface area contributed by atoms with E-state index in [1.54, 1.807) is 14.2 Å². The number of hydrogen-bond acceptors (Lipinski definition) is 4. The van der Waals surface area contributed by atoms with E-state index in [0.717, 1.165) is 12.6 Å². The Labute approximate surface area is 98.3 Å². The number of ether oxygens (including phenoxy) is 2. The van der Waals surface area contributed by atoms with Gasteiger partial charge in [0, 0.05) is 39.4 Å². The smallest absolute Gasteiger partial charge is 0.0928 e. The topological polar surface area (TPSA) is 33.7 Å². The number of nitrogens with one attached hydrogen (secondary N) is 1. The summed E-state index contributed by atoms with van der Waals surface area (Å²) >= 11 is 0. The van der Waals surface area contributed by atoms with E-state index in [4.69, 9.17) is 9.47 Å². The van der Waals surface area contributed by atoms with Crippen molar-refractivity contribution in [3.05, 3.63) is 0 Å². The summed E-state index contributed by atoms with van der Waals surface area (Å²) in [6.45, 7) is 4.14. The Morgan fingerprint density at radius 1 is 1.31 bits per heavy atom. The highest BCUT2D eigenvalue weighted by atomic mass is 16.5. The second kappa shape index (κ2) is 5.96. The predicted octanol–water partition coefficient (Wildman–Crippen LogP) is 0.474. The summed E-state index contributed by atoms with van der Waals surface area (Å²) in [5, 5.41) is 3.64. The maximum absolute atomic E-state index is 5.36. The van der Waals surface area contributed by atoms with Gasteiger partial charge in [-0.1, -0.05) is 0 Å². The van der Waals surface area contributed by atoms with E-state index in [1.807, 2.05) is 0 Å². The molecule has 0 aliphatic carbocycles. The van der Waals surface area contributed by atoms with Crippen molar-refractivity contribution in [3.8, 4) is 0 Å². The zero-order chi connectivity index (χ0) is 11.4. The van der Waals surface area contributed by atoms with E-state index in [-0.39, 0.29) is 6.10 Å². The Bertz CT molecular complexity index is 213. The highest BCUT2D eigenvalue weighted by molar-refractivity contribution is 4.95. The molecule has 1 N–H and O–H groups in total. The third-order valence-electron chi connectivity index (χ3n) is 3.90. The quantitative estimate of drug-likeness (QED) is 0.717. The molecule has 94 valence electrons. The van der Waals surface area contributed by atoms with Crippen LogP contribution in [0.5, 0.6) is 0 Å². The Kier molecular flexibility index (Phi) is 4.58. The van der Waals surface area contributed by atoms with Crippen LogP contribution in [0.25, 0.3) is 0 Å². The van der Waals surface area contributed by atoms with E-state index >= 15 is 0 Å². The van der Waals surface area contributed by atoms with E-state index < -0.39 is 0 Å². The monoisotopic (exact) mass is 228 g/mol. The van der Waals surface area contributed by atoms with Crippen molar-refractivity contribution in [2.75, 3.05) is 40.5 Å². The van der Waals surface area contributed by atoms with E-state index in [1.165, 1.54) is 32.4 Å². The molecule has 0 saturated carbocycles. The molecule has 0 aromatic rings. The first kappa shape index (κ1) is 12.3. The van der Waals surface area contributed by atoms with Gasteiger partial charge in [0.05, 0.1) is 12.7 Å². The molecule has 3 unspecified atom stereocenters. The lowest BCUT2D eigenvalue weighted by Gasteiger charge is -2.23. The molecular formula is C12H24N2O2. The molecule has 2 heterocycles. The SMILES string of the molecule is COCC(CNC1CCN2CCCC12)OC. The summed E-state index contributed by atoms with van der Waals surface area (Å²) in [6.07, 6.45) is 4.20. The molecule has 0 aromatic carbocycles. The highest BCUT2D eigenvalue weighted by Gasteiger charge is 2.36. The van der Waals surface area contributed by atoms with Crippen LogP contribution in [0.2, 0.25) is 0 Å². The van der Waals surface area contributed by atoms with Crippen LogP contribution in [0, 0.1) is 0 Å². The normalized spacial score (nSPS) is 31.9. The van der Waals surface area contributed by atoms with Gasteiger partial charge in [0.1, 0.15) is 0 Å². The minimum atomic E-state index is 0.181. The summed E-state index contributed by atoms with van der Waals surface area (Å²) < 4.78 is 10.5. The van der Waals surface area contributed by atoms with Crippen LogP contribution in [0.3, 0.4) is 0 Å². The summed E-state index contributed by atoms with van der Waals surface area (Å²) in [6, 6.07) is 1.44. The molecule has 3 atom stereocenters. The zero-order valence-corrected chi connectivity index (χ0v) is 10.4. The molecule has 0 amide bonds. The fourth-order valence-electron chi connectivity index (χ4n) is 3.00. The third kappa shape index (κ3) is 2.74. The number of hydrogen-bond donors (Lipinski definition) is 1. The first-order chi connectivity index (χ1) is 7.85. The molecule has 0 radical (unpaired) electrons. The molecule has 2 fully saturated rings. The van der Waals surface area contributed by atoms with Crippen LogP contribution in [0.15, 0.2) is 0 Å². The van der Waals surface area contributed by atoms with Crippen LogP contribution < -0.4 is 5.32 Å². The van der Waals surface area contributed by atoms with Gasteiger partial charge in [-0.05, 0) is 25.8 Å². The van der Waals surface area contributed by atoms with Crippen molar-refractivity contribution < 1.29 is 9.47 Å². The van der Waals surface area contributed by atoms with Crippen LogP contribution in [0.1, 0.15) is 19.3 Å². The summed E-state index contributed by atoms with van der Waals surface area (Å²) in [7, 11) is 3.47. The van der Waals surface area contributed by atoms with Crippen molar-refractivity contribution in [2.24, 2.45) is 0 Å². The molecule has 2 aliphatic heterocycles. The summed E-state index contributed by atoms with van der Waals surface area (Å²) in [4.78, 5) is 2.62. The average Bonchev–Trinajstić information content (AvgIpc) is 2.87. The Hall–Kier alpha value is -0.160. The molecule has 2 rings (SSSR count). The minimum Gasteiger partial charge on any atom is -0.382 e. The Balaban J connectivity index is 1.73. The number of rotatable bonds is 6. The van der Waals surface area contributed by atoms with Crippen LogP contribution in [-0.2, 0) is 9.47 Å². The molecule has 0 bridgehead atoms. The van der Waals surface area contributed by atoms with E-state index in [0.29, 0.717) is 12.6 Å². The van der Waals surface area contributed by atoms with Crippen molar-refractivity contribution in [3.63, 3.8) is 0 Å². The lowest BCUT2D eigenvalue weighted by Crippen LogP contribution is -2.43. The van der Waals surface area contributed by atoms with Gasteiger partial charge < -0.3 is 14.8 Å². The fraction of sp³-hybridized carbons (Fsp3) is 1.00. The van der Waals surface area contributed by atoms with Gasteiger partial charge in [0.15, 0.2) is 0 Å². The maximum Gasteiger partial charge on any atom is 0.0928 e. The molecule has 0 aromatic heterocycles. The summed E-state index contributed by atoms with van der Waals surface area (Å²) in [5.41, 5.74) is 0. The van der Waals surface area contributed by atoms with E-state index in [9.17, 15) is 0 Å². The fourth-order valence-corrected chi connectivity index (χ4v) is 3.00. The largest absolute Gasteiger partial charge is 0.382 e. The predicted molar refractivity (Wildman–Crippen MR) is 63.7 cm³/mol. The standard InChI is InChI=1S/C12H24N2O2/c1-15-9-10(16-2)8-13-11-5-7-14-6-3-4-12(11)14/h10-13H,3-9H2,1-2H3. The summed E-state index contributed by atoms with van der Waals surface area (Å²) in [5.74, 6) is 0. The van der Waals surface area contributed by atoms with Gasteiger partial charge >= 0.3 is 0 Å². The molecule has 0 spiro atoms. The first-order valence-corrected chi connectivity index (χ1v) is 6.34. The molecular weight excluding hydrogens is 204 g/mol. The highest BCUT2D eigenvalue weighted by Crippen LogP contribution is 2.27. The number of methoxy groups -OCH3 is 2. The Morgan fingerprint density at radius 2 is 2.19 bits per heavy atom. The second-order valence-corrected chi connectivity index (χ2v) is 4.86. The van der Waals surface area contributed by atoms with Gasteiger partial charge in [-0.2, -0.15) is 0 Å². The van der Waals surface area contributed by atoms with Crippen molar-refractivity contribution >= 4 is 0 Å². The molecule has 16 heavy (non-hydrogen) atoms. The second-order valence-electron chi connectivity index (χ2n) is 4.86. The van der Waals surface area contributed by atoms with E-state index in [2.05, 4.69) is 10.2 Å². The van der Waals surface area contributed by atoms with Gasteiger partial charge in [0.25, 0.3) is 0 Å². The molecule has 4 heteroatoms. The number of fused-ring (bicyclic) bond motifs is 1. The van der Waals surface area contributed by atoms with Crippen LogP contribution >= 0.6 is 0 Å². The van der Waals surface area contributed by atoms with Gasteiger partial charge in [0.2, 0.25) is 0 Å². The number of nitrogens with zero attached hydrogens (tertiary/aromatic N) is 1. The van der Waals surface area contributed by atoms with Crippen molar-refractivity contribution in [1.29, 1.82) is 0 Å². The zero-order valence-electron chi connectivity index (χ0n) is 10.4.